The molecular formula is C23H24F2N6O. The number of carbonyl (C=O) groups excluding carboxylic acids is 1. The second-order valence-corrected chi connectivity index (χ2v) is 8.03. The van der Waals surface area contributed by atoms with Crippen LogP contribution in [0.15, 0.2) is 42.9 Å². The summed E-state index contributed by atoms with van der Waals surface area (Å²) in [6, 6.07) is 6.18. The Kier molecular flexibility index (Phi) is 6.07. The van der Waals surface area contributed by atoms with E-state index in [1.165, 1.54) is 13.0 Å². The average molecular weight is 438 g/mol. The molecule has 9 heteroatoms. The third-order valence-corrected chi connectivity index (χ3v) is 5.70. The van der Waals surface area contributed by atoms with E-state index in [9.17, 15) is 13.6 Å². The molecule has 4 atom stereocenters. The van der Waals surface area contributed by atoms with E-state index in [0.717, 1.165) is 11.1 Å². The van der Waals surface area contributed by atoms with Gasteiger partial charge >= 0.3 is 0 Å². The van der Waals surface area contributed by atoms with Gasteiger partial charge in [0.2, 0.25) is 11.9 Å². The predicted octanol–water partition coefficient (Wildman–Crippen LogP) is 3.74. The SMILES string of the molecule is Cc1cc(-c2cnc([C@H](C)Nc3nccc([C@@H]4C(=O)NCC4[C@H](C)F)n3)nc2)ccc1F. The van der Waals surface area contributed by atoms with Crippen molar-refractivity contribution in [2.75, 3.05) is 11.9 Å². The van der Waals surface area contributed by atoms with Crippen molar-refractivity contribution in [3.63, 3.8) is 0 Å². The van der Waals surface area contributed by atoms with Gasteiger partial charge in [-0.05, 0) is 50.1 Å². The highest BCUT2D eigenvalue weighted by molar-refractivity contribution is 5.85. The van der Waals surface area contributed by atoms with Gasteiger partial charge in [0.1, 0.15) is 17.8 Å². The van der Waals surface area contributed by atoms with Crippen LogP contribution in [0.2, 0.25) is 0 Å². The van der Waals surface area contributed by atoms with Crippen molar-refractivity contribution >= 4 is 11.9 Å². The number of hydrogen-bond acceptors (Lipinski definition) is 6. The molecule has 1 saturated heterocycles. The van der Waals surface area contributed by atoms with Gasteiger partial charge in [-0.3, -0.25) is 4.79 Å². The molecule has 1 fully saturated rings. The first-order chi connectivity index (χ1) is 15.3. The minimum Gasteiger partial charge on any atom is -0.355 e. The van der Waals surface area contributed by atoms with E-state index in [2.05, 4.69) is 30.6 Å². The van der Waals surface area contributed by atoms with Crippen LogP contribution in [0, 0.1) is 18.7 Å². The molecule has 7 nitrogen and oxygen atoms in total. The van der Waals surface area contributed by atoms with Crippen molar-refractivity contribution in [1.29, 1.82) is 0 Å². The van der Waals surface area contributed by atoms with Crippen LogP contribution >= 0.6 is 0 Å². The molecule has 1 unspecified atom stereocenters. The topological polar surface area (TPSA) is 92.7 Å². The maximum absolute atomic E-state index is 14.0. The lowest BCUT2D eigenvalue weighted by molar-refractivity contribution is -0.121. The van der Waals surface area contributed by atoms with Crippen LogP contribution < -0.4 is 10.6 Å². The van der Waals surface area contributed by atoms with Crippen molar-refractivity contribution in [3.8, 4) is 11.1 Å². The quantitative estimate of drug-likeness (QED) is 0.609. The van der Waals surface area contributed by atoms with Gasteiger partial charge in [-0.25, -0.2) is 28.7 Å². The van der Waals surface area contributed by atoms with Crippen LogP contribution in [0.4, 0.5) is 14.7 Å². The lowest BCUT2D eigenvalue weighted by atomic mass is 9.89. The molecule has 1 amide bonds. The van der Waals surface area contributed by atoms with Crippen molar-refractivity contribution in [1.82, 2.24) is 25.3 Å². The van der Waals surface area contributed by atoms with Crippen molar-refractivity contribution in [2.45, 2.75) is 38.9 Å². The Morgan fingerprint density at radius 3 is 2.56 bits per heavy atom. The molecule has 166 valence electrons. The molecule has 3 heterocycles. The van der Waals surface area contributed by atoms with Gasteiger partial charge in [0.05, 0.1) is 17.7 Å². The van der Waals surface area contributed by atoms with Gasteiger partial charge < -0.3 is 10.6 Å². The number of carbonyl (C=O) groups is 1. The molecule has 1 aromatic carbocycles. The number of hydrogen-bond donors (Lipinski definition) is 2. The first-order valence-corrected chi connectivity index (χ1v) is 10.4. The van der Waals surface area contributed by atoms with E-state index in [-0.39, 0.29) is 24.3 Å². The Hall–Kier alpha value is -3.49. The number of nitrogens with zero attached hydrogens (tertiary/aromatic N) is 4. The van der Waals surface area contributed by atoms with Gasteiger partial charge in [0.15, 0.2) is 0 Å². The van der Waals surface area contributed by atoms with Crippen LogP contribution in [0.3, 0.4) is 0 Å². The number of nitrogens with one attached hydrogen (secondary N) is 2. The standard InChI is InChI=1S/C23H24F2N6O/c1-12-8-15(4-5-18(12)25)16-9-27-21(28-10-16)14(3)30-23-26-7-6-19(31-23)20-17(13(2)24)11-29-22(20)32/h4-10,13-14,17,20H,11H2,1-3H3,(H,29,32)(H,26,30,31)/t13-,14-,17?,20+/m0/s1. The highest BCUT2D eigenvalue weighted by Crippen LogP contribution is 2.32. The summed E-state index contributed by atoms with van der Waals surface area (Å²) in [5.74, 6) is -0.768. The molecule has 2 aromatic heterocycles. The number of alkyl halides is 1. The molecule has 0 radical (unpaired) electrons. The predicted molar refractivity (Wildman–Crippen MR) is 116 cm³/mol. The molecule has 32 heavy (non-hydrogen) atoms. The molecular weight excluding hydrogens is 414 g/mol. The number of benzene rings is 1. The zero-order valence-corrected chi connectivity index (χ0v) is 18.0. The first kappa shape index (κ1) is 21.7. The number of aromatic nitrogens is 4. The highest BCUT2D eigenvalue weighted by Gasteiger charge is 2.40. The van der Waals surface area contributed by atoms with Crippen LogP contribution in [0.5, 0.6) is 0 Å². The lowest BCUT2D eigenvalue weighted by Crippen LogP contribution is -2.23. The second-order valence-electron chi connectivity index (χ2n) is 8.03. The third kappa shape index (κ3) is 4.42. The van der Waals surface area contributed by atoms with Crippen molar-refractivity contribution in [2.24, 2.45) is 5.92 Å². The van der Waals surface area contributed by atoms with Gasteiger partial charge in [-0.1, -0.05) is 6.07 Å². The summed E-state index contributed by atoms with van der Waals surface area (Å²) in [6.45, 7) is 5.31. The van der Waals surface area contributed by atoms with Crippen LogP contribution in [0.1, 0.15) is 42.9 Å². The number of aryl methyl sites for hydroxylation is 1. The largest absolute Gasteiger partial charge is 0.355 e. The Bertz CT molecular complexity index is 1120. The number of halogens is 2. The van der Waals surface area contributed by atoms with E-state index in [0.29, 0.717) is 23.0 Å². The fourth-order valence-electron chi connectivity index (χ4n) is 3.83. The first-order valence-electron chi connectivity index (χ1n) is 10.4. The third-order valence-electron chi connectivity index (χ3n) is 5.70. The fourth-order valence-corrected chi connectivity index (χ4v) is 3.83. The fraction of sp³-hybridized carbons (Fsp3) is 0.348. The number of amides is 1. The minimum atomic E-state index is -1.14. The van der Waals surface area contributed by atoms with Crippen molar-refractivity contribution < 1.29 is 13.6 Å². The molecule has 3 aromatic rings. The molecule has 4 rings (SSSR count). The molecule has 2 N–H and O–H groups in total. The molecule has 1 aliphatic rings. The smallest absolute Gasteiger partial charge is 0.229 e. The number of rotatable bonds is 6. The lowest BCUT2D eigenvalue weighted by Gasteiger charge is -2.18. The van der Waals surface area contributed by atoms with E-state index >= 15 is 0 Å². The summed E-state index contributed by atoms with van der Waals surface area (Å²) < 4.78 is 27.5. The van der Waals surface area contributed by atoms with E-state index in [1.54, 1.807) is 43.7 Å². The normalized spacial score (nSPS) is 20.0. The maximum Gasteiger partial charge on any atom is 0.229 e. The molecule has 0 spiro atoms. The average Bonchev–Trinajstić information content (AvgIpc) is 3.18. The van der Waals surface area contributed by atoms with Gasteiger partial charge in [-0.2, -0.15) is 0 Å². The zero-order valence-electron chi connectivity index (χ0n) is 18.0. The maximum atomic E-state index is 14.0. The minimum absolute atomic E-state index is 0.229. The van der Waals surface area contributed by atoms with Gasteiger partial charge in [-0.15, -0.1) is 0 Å². The van der Waals surface area contributed by atoms with Crippen LogP contribution in [-0.4, -0.2) is 38.6 Å². The summed E-state index contributed by atoms with van der Waals surface area (Å²) >= 11 is 0. The highest BCUT2D eigenvalue weighted by atomic mass is 19.1. The summed E-state index contributed by atoms with van der Waals surface area (Å²) in [4.78, 5) is 29.7. The monoisotopic (exact) mass is 438 g/mol. The molecule has 1 aliphatic heterocycles. The van der Waals surface area contributed by atoms with Crippen LogP contribution in [0.25, 0.3) is 11.1 Å². The summed E-state index contributed by atoms with van der Waals surface area (Å²) in [5.41, 5.74) is 2.64. The second kappa shape index (κ2) is 8.94. The van der Waals surface area contributed by atoms with Gasteiger partial charge in [0.25, 0.3) is 0 Å². The van der Waals surface area contributed by atoms with E-state index < -0.39 is 18.0 Å². The summed E-state index contributed by atoms with van der Waals surface area (Å²) in [5, 5.41) is 5.84. The molecule has 0 bridgehead atoms. The Morgan fingerprint density at radius 1 is 1.12 bits per heavy atom. The van der Waals surface area contributed by atoms with Crippen molar-refractivity contribution in [3.05, 3.63) is 65.8 Å². The zero-order chi connectivity index (χ0) is 22.8. The van der Waals surface area contributed by atoms with E-state index in [4.69, 9.17) is 0 Å². The summed E-state index contributed by atoms with van der Waals surface area (Å²) in [6.07, 6.45) is 3.77. The summed E-state index contributed by atoms with van der Waals surface area (Å²) in [7, 11) is 0. The Balaban J connectivity index is 1.49. The van der Waals surface area contributed by atoms with E-state index in [1.807, 2.05) is 6.92 Å². The molecule has 0 aliphatic carbocycles. The Labute approximate surface area is 184 Å². The Morgan fingerprint density at radius 2 is 1.88 bits per heavy atom. The van der Waals surface area contributed by atoms with Gasteiger partial charge in [0, 0.05) is 36.6 Å². The van der Waals surface area contributed by atoms with Crippen LogP contribution in [-0.2, 0) is 4.79 Å². The number of anilines is 1. The molecule has 0 saturated carbocycles.